The Kier molecular flexibility index (Phi) is 5.58. The molecule has 0 aliphatic carbocycles. The second-order valence-corrected chi connectivity index (χ2v) is 5.14. The molecular formula is C17H22N2O2. The maximum Gasteiger partial charge on any atom is 0.213 e. The molecule has 0 saturated heterocycles. The fraction of sp³-hybridized carbons (Fsp3) is 0.353. The van der Waals surface area contributed by atoms with Crippen LogP contribution in [0, 0.1) is 0 Å². The first-order valence-corrected chi connectivity index (χ1v) is 7.12. The molecule has 0 unspecified atom stereocenters. The summed E-state index contributed by atoms with van der Waals surface area (Å²) in [5.41, 5.74) is 2.09. The summed E-state index contributed by atoms with van der Waals surface area (Å²) in [5.74, 6) is 1.44. The summed E-state index contributed by atoms with van der Waals surface area (Å²) in [4.78, 5) is 4.32. The first-order chi connectivity index (χ1) is 10.2. The van der Waals surface area contributed by atoms with Gasteiger partial charge in [-0.1, -0.05) is 32.0 Å². The molecule has 0 spiro atoms. The van der Waals surface area contributed by atoms with Gasteiger partial charge in [-0.15, -0.1) is 0 Å². The van der Waals surface area contributed by atoms with Crippen molar-refractivity contribution in [1.82, 2.24) is 10.3 Å². The second-order valence-electron chi connectivity index (χ2n) is 5.14. The quantitative estimate of drug-likeness (QED) is 0.849. The molecule has 1 heterocycles. The molecule has 21 heavy (non-hydrogen) atoms. The molecule has 2 rings (SSSR count). The van der Waals surface area contributed by atoms with Crippen LogP contribution in [0.25, 0.3) is 0 Å². The number of nitrogens with one attached hydrogen (secondary N) is 1. The van der Waals surface area contributed by atoms with Crippen molar-refractivity contribution in [2.45, 2.75) is 33.0 Å². The van der Waals surface area contributed by atoms with E-state index in [-0.39, 0.29) is 0 Å². The highest BCUT2D eigenvalue weighted by molar-refractivity contribution is 5.27. The van der Waals surface area contributed by atoms with Gasteiger partial charge in [-0.05, 0) is 23.8 Å². The average molecular weight is 286 g/mol. The molecule has 1 N–H and O–H groups in total. The van der Waals surface area contributed by atoms with Crippen LogP contribution in [-0.4, -0.2) is 18.1 Å². The van der Waals surface area contributed by atoms with Gasteiger partial charge in [0, 0.05) is 18.7 Å². The first kappa shape index (κ1) is 15.3. The van der Waals surface area contributed by atoms with Crippen molar-refractivity contribution < 1.29 is 9.47 Å². The number of aromatic nitrogens is 1. The van der Waals surface area contributed by atoms with Gasteiger partial charge in [0.25, 0.3) is 0 Å². The summed E-state index contributed by atoms with van der Waals surface area (Å²) in [6.07, 6.45) is 0. The van der Waals surface area contributed by atoms with Crippen LogP contribution in [0.4, 0.5) is 0 Å². The predicted molar refractivity (Wildman–Crippen MR) is 83.5 cm³/mol. The van der Waals surface area contributed by atoms with Crippen molar-refractivity contribution in [2.24, 2.45) is 0 Å². The molecule has 2 aromatic rings. The van der Waals surface area contributed by atoms with E-state index in [1.54, 1.807) is 7.11 Å². The van der Waals surface area contributed by atoms with E-state index in [0.717, 1.165) is 18.0 Å². The minimum Gasteiger partial charge on any atom is -0.487 e. The fourth-order valence-electron chi connectivity index (χ4n) is 1.83. The van der Waals surface area contributed by atoms with Crippen LogP contribution >= 0.6 is 0 Å². The third kappa shape index (κ3) is 5.08. The highest BCUT2D eigenvalue weighted by Gasteiger charge is 2.00. The van der Waals surface area contributed by atoms with Crippen LogP contribution < -0.4 is 14.8 Å². The Bertz CT molecular complexity index is 553. The Balaban J connectivity index is 1.88. The van der Waals surface area contributed by atoms with Crippen molar-refractivity contribution in [3.63, 3.8) is 0 Å². The standard InChI is InChI=1S/C17H22N2O2/c1-13(2)18-11-14-7-9-16(10-8-14)21-12-15-5-4-6-17(19-15)20-3/h4-10,13,18H,11-12H2,1-3H3. The minimum atomic E-state index is 0.431. The number of hydrogen-bond donors (Lipinski definition) is 1. The van der Waals surface area contributed by atoms with E-state index < -0.39 is 0 Å². The molecule has 4 heteroatoms. The van der Waals surface area contributed by atoms with Gasteiger partial charge in [-0.3, -0.25) is 0 Å². The molecule has 4 nitrogen and oxygen atoms in total. The Morgan fingerprint density at radius 1 is 1.10 bits per heavy atom. The smallest absolute Gasteiger partial charge is 0.213 e. The van der Waals surface area contributed by atoms with Gasteiger partial charge >= 0.3 is 0 Å². The van der Waals surface area contributed by atoms with Gasteiger partial charge in [0.2, 0.25) is 5.88 Å². The molecule has 1 aromatic carbocycles. The van der Waals surface area contributed by atoms with E-state index >= 15 is 0 Å². The van der Waals surface area contributed by atoms with Gasteiger partial charge in [0.15, 0.2) is 0 Å². The zero-order valence-electron chi connectivity index (χ0n) is 12.8. The summed E-state index contributed by atoms with van der Waals surface area (Å²) in [7, 11) is 1.61. The minimum absolute atomic E-state index is 0.431. The average Bonchev–Trinajstić information content (AvgIpc) is 2.52. The van der Waals surface area contributed by atoms with Crippen LogP contribution in [0.5, 0.6) is 11.6 Å². The molecule has 0 aliphatic rings. The van der Waals surface area contributed by atoms with Gasteiger partial charge in [-0.2, -0.15) is 0 Å². The van der Waals surface area contributed by atoms with Crippen molar-refractivity contribution in [2.75, 3.05) is 7.11 Å². The lowest BCUT2D eigenvalue weighted by atomic mass is 10.2. The Labute approximate surface area is 126 Å². The van der Waals surface area contributed by atoms with Crippen molar-refractivity contribution >= 4 is 0 Å². The highest BCUT2D eigenvalue weighted by Crippen LogP contribution is 2.15. The summed E-state index contributed by atoms with van der Waals surface area (Å²) in [5, 5.41) is 3.39. The van der Waals surface area contributed by atoms with Crippen LogP contribution in [0.1, 0.15) is 25.1 Å². The van der Waals surface area contributed by atoms with Crippen molar-refractivity contribution in [1.29, 1.82) is 0 Å². The highest BCUT2D eigenvalue weighted by atomic mass is 16.5. The molecule has 0 radical (unpaired) electrons. The molecule has 0 atom stereocenters. The summed E-state index contributed by atoms with van der Waals surface area (Å²) in [6.45, 7) is 5.58. The molecule has 1 aromatic heterocycles. The van der Waals surface area contributed by atoms with E-state index in [4.69, 9.17) is 9.47 Å². The molecule has 0 bridgehead atoms. The monoisotopic (exact) mass is 286 g/mol. The number of rotatable bonds is 7. The number of pyridine rings is 1. The Morgan fingerprint density at radius 3 is 2.52 bits per heavy atom. The van der Waals surface area contributed by atoms with E-state index in [2.05, 4.69) is 36.3 Å². The largest absolute Gasteiger partial charge is 0.487 e. The predicted octanol–water partition coefficient (Wildman–Crippen LogP) is 3.17. The summed E-state index contributed by atoms with van der Waals surface area (Å²) in [6, 6.07) is 14.2. The van der Waals surface area contributed by atoms with Gasteiger partial charge in [0.1, 0.15) is 12.4 Å². The number of nitrogens with zero attached hydrogens (tertiary/aromatic N) is 1. The Hall–Kier alpha value is -2.07. The third-order valence-electron chi connectivity index (χ3n) is 3.01. The lowest BCUT2D eigenvalue weighted by Crippen LogP contribution is -2.21. The molecule has 0 amide bonds. The lowest BCUT2D eigenvalue weighted by molar-refractivity contribution is 0.298. The molecule has 0 aliphatic heterocycles. The third-order valence-corrected chi connectivity index (χ3v) is 3.01. The van der Waals surface area contributed by atoms with Crippen LogP contribution in [0.2, 0.25) is 0 Å². The lowest BCUT2D eigenvalue weighted by Gasteiger charge is -2.10. The van der Waals surface area contributed by atoms with E-state index in [0.29, 0.717) is 18.5 Å². The molecular weight excluding hydrogens is 264 g/mol. The van der Waals surface area contributed by atoms with Crippen molar-refractivity contribution in [3.8, 4) is 11.6 Å². The van der Waals surface area contributed by atoms with Crippen LogP contribution in [0.15, 0.2) is 42.5 Å². The summed E-state index contributed by atoms with van der Waals surface area (Å²) < 4.78 is 10.8. The van der Waals surface area contributed by atoms with E-state index in [9.17, 15) is 0 Å². The molecule has 0 saturated carbocycles. The molecule has 112 valence electrons. The van der Waals surface area contributed by atoms with Gasteiger partial charge in [-0.25, -0.2) is 4.98 Å². The SMILES string of the molecule is COc1cccc(COc2ccc(CNC(C)C)cc2)n1. The summed E-state index contributed by atoms with van der Waals surface area (Å²) >= 11 is 0. The normalized spacial score (nSPS) is 10.7. The van der Waals surface area contributed by atoms with Crippen LogP contribution in [0.3, 0.4) is 0 Å². The van der Waals surface area contributed by atoms with Crippen molar-refractivity contribution in [3.05, 3.63) is 53.7 Å². The topological polar surface area (TPSA) is 43.4 Å². The maximum absolute atomic E-state index is 5.73. The number of benzene rings is 1. The molecule has 0 fully saturated rings. The maximum atomic E-state index is 5.73. The Morgan fingerprint density at radius 2 is 1.86 bits per heavy atom. The van der Waals surface area contributed by atoms with Crippen LogP contribution in [-0.2, 0) is 13.2 Å². The fourth-order valence-corrected chi connectivity index (χ4v) is 1.83. The van der Waals surface area contributed by atoms with E-state index in [1.807, 2.05) is 30.3 Å². The number of ether oxygens (including phenoxy) is 2. The van der Waals surface area contributed by atoms with E-state index in [1.165, 1.54) is 5.56 Å². The van der Waals surface area contributed by atoms with Gasteiger partial charge in [0.05, 0.1) is 12.8 Å². The first-order valence-electron chi connectivity index (χ1n) is 7.12. The zero-order valence-corrected chi connectivity index (χ0v) is 12.8. The second kappa shape index (κ2) is 7.64. The number of methoxy groups -OCH3 is 1. The number of hydrogen-bond acceptors (Lipinski definition) is 4. The van der Waals surface area contributed by atoms with Gasteiger partial charge < -0.3 is 14.8 Å². The zero-order chi connectivity index (χ0) is 15.1.